The van der Waals surface area contributed by atoms with Crippen LogP contribution in [0.3, 0.4) is 0 Å². The number of anilines is 1. The van der Waals surface area contributed by atoms with Crippen molar-refractivity contribution in [2.24, 2.45) is 0 Å². The number of carbonyl (C=O) groups excluding carboxylic acids is 2. The first-order valence-corrected chi connectivity index (χ1v) is 12.0. The Labute approximate surface area is 189 Å². The summed E-state index contributed by atoms with van der Waals surface area (Å²) in [6.07, 6.45) is 0. The molecule has 4 atom stereocenters. The Kier molecular flexibility index (Phi) is 4.80. The molecular weight excluding hydrogens is 428 g/mol. The van der Waals surface area contributed by atoms with Crippen molar-refractivity contribution < 1.29 is 14.3 Å². The molecule has 0 bridgehead atoms. The van der Waals surface area contributed by atoms with Crippen LogP contribution in [0.15, 0.2) is 59.3 Å². The third kappa shape index (κ3) is 3.14. The molecule has 1 aromatic carbocycles. The van der Waals surface area contributed by atoms with Gasteiger partial charge in [0.25, 0.3) is 0 Å². The topological polar surface area (TPSA) is 67.4 Å². The van der Waals surface area contributed by atoms with E-state index < -0.39 is 23.0 Å². The maximum Gasteiger partial charge on any atom is 0.324 e. The van der Waals surface area contributed by atoms with Gasteiger partial charge < -0.3 is 10.1 Å². The van der Waals surface area contributed by atoms with E-state index in [1.165, 1.54) is 0 Å². The Morgan fingerprint density at radius 3 is 2.32 bits per heavy atom. The molecule has 2 aliphatic rings. The minimum absolute atomic E-state index is 0.0796. The highest BCUT2D eigenvalue weighted by molar-refractivity contribution is 7.10. The van der Waals surface area contributed by atoms with Crippen LogP contribution in [0.25, 0.3) is 0 Å². The lowest BCUT2D eigenvalue weighted by molar-refractivity contribution is -0.157. The normalized spacial score (nSPS) is 27.3. The molecule has 1 saturated heterocycles. The van der Waals surface area contributed by atoms with Gasteiger partial charge in [-0.25, -0.2) is 0 Å². The van der Waals surface area contributed by atoms with Crippen molar-refractivity contribution in [1.29, 1.82) is 0 Å². The van der Waals surface area contributed by atoms with Crippen molar-refractivity contribution >= 4 is 40.2 Å². The standard InChI is InChI=1S/C24H24N2O3S2/c1-23(2,3)29-21(27)19-18(16-10-6-12-30-16)24(20(26-19)17-11-7-13-31-17)14-8-4-5-9-15(14)25-22(24)28/h4-13,18-20,26H,1-3H3,(H,25,28)/t18-,19+,20-,24-/m1/s1. The van der Waals surface area contributed by atoms with Gasteiger partial charge in [-0.05, 0) is 55.3 Å². The number of benzene rings is 1. The first-order valence-electron chi connectivity index (χ1n) is 10.3. The first-order chi connectivity index (χ1) is 14.8. The third-order valence-electron chi connectivity index (χ3n) is 5.96. The largest absolute Gasteiger partial charge is 0.459 e. The fourth-order valence-corrected chi connectivity index (χ4v) is 6.74. The number of fused-ring (bicyclic) bond motifs is 2. The molecule has 2 N–H and O–H groups in total. The maximum atomic E-state index is 13.8. The summed E-state index contributed by atoms with van der Waals surface area (Å²) in [6.45, 7) is 5.60. The number of para-hydroxylation sites is 1. The average Bonchev–Trinajstić information content (AvgIpc) is 3.48. The SMILES string of the molecule is CC(C)(C)OC(=O)[C@H]1N[C@H](c2cccs2)[C@]2(C(=O)Nc3ccccc32)[C@@H]1c1cccs1. The molecule has 5 rings (SSSR count). The van der Waals surface area contributed by atoms with Crippen LogP contribution in [-0.4, -0.2) is 23.5 Å². The average molecular weight is 453 g/mol. The van der Waals surface area contributed by atoms with Gasteiger partial charge in [0, 0.05) is 21.4 Å². The summed E-state index contributed by atoms with van der Waals surface area (Å²) < 4.78 is 5.82. The monoisotopic (exact) mass is 452 g/mol. The first kappa shape index (κ1) is 20.4. The zero-order chi connectivity index (χ0) is 21.8. The van der Waals surface area contributed by atoms with E-state index in [4.69, 9.17) is 4.74 Å². The van der Waals surface area contributed by atoms with Gasteiger partial charge in [-0.15, -0.1) is 22.7 Å². The van der Waals surface area contributed by atoms with Crippen molar-refractivity contribution in [2.75, 3.05) is 5.32 Å². The highest BCUT2D eigenvalue weighted by Gasteiger charge is 2.66. The quantitative estimate of drug-likeness (QED) is 0.558. The van der Waals surface area contributed by atoms with Crippen molar-refractivity contribution in [2.45, 2.75) is 49.8 Å². The number of nitrogens with one attached hydrogen (secondary N) is 2. The van der Waals surface area contributed by atoms with E-state index in [0.29, 0.717) is 0 Å². The van der Waals surface area contributed by atoms with Gasteiger partial charge in [-0.2, -0.15) is 0 Å². The molecule has 31 heavy (non-hydrogen) atoms. The van der Waals surface area contributed by atoms with E-state index in [2.05, 4.69) is 10.6 Å². The van der Waals surface area contributed by atoms with Crippen molar-refractivity contribution in [3.8, 4) is 0 Å². The summed E-state index contributed by atoms with van der Waals surface area (Å²) in [5.74, 6) is -0.802. The van der Waals surface area contributed by atoms with Crippen molar-refractivity contribution in [3.63, 3.8) is 0 Å². The van der Waals surface area contributed by atoms with Crippen LogP contribution in [-0.2, 0) is 19.7 Å². The Morgan fingerprint density at radius 1 is 1.00 bits per heavy atom. The van der Waals surface area contributed by atoms with Gasteiger partial charge >= 0.3 is 5.97 Å². The number of hydrogen-bond donors (Lipinski definition) is 2. The summed E-state index contributed by atoms with van der Waals surface area (Å²) in [5.41, 5.74) is 0.161. The number of esters is 1. The predicted molar refractivity (Wildman–Crippen MR) is 124 cm³/mol. The van der Waals surface area contributed by atoms with Crippen LogP contribution in [0.4, 0.5) is 5.69 Å². The molecule has 2 aliphatic heterocycles. The lowest BCUT2D eigenvalue weighted by atomic mass is 9.66. The Balaban J connectivity index is 1.75. The lowest BCUT2D eigenvalue weighted by Crippen LogP contribution is -2.44. The molecule has 4 heterocycles. The van der Waals surface area contributed by atoms with Gasteiger partial charge in [-0.1, -0.05) is 30.3 Å². The number of thiophene rings is 2. The molecule has 160 valence electrons. The summed E-state index contributed by atoms with van der Waals surface area (Å²) >= 11 is 3.16. The summed E-state index contributed by atoms with van der Waals surface area (Å²) in [6, 6.07) is 14.8. The molecular formula is C24H24N2O3S2. The predicted octanol–water partition coefficient (Wildman–Crippen LogP) is 4.84. The minimum atomic E-state index is -0.951. The van der Waals surface area contributed by atoms with Crippen LogP contribution in [0.1, 0.15) is 48.0 Å². The Bertz CT molecular complexity index is 1120. The molecule has 2 aromatic heterocycles. The van der Waals surface area contributed by atoms with E-state index in [9.17, 15) is 9.59 Å². The Hall–Kier alpha value is -2.48. The van der Waals surface area contributed by atoms with Crippen LogP contribution in [0.2, 0.25) is 0 Å². The molecule has 0 saturated carbocycles. The molecule has 7 heteroatoms. The van der Waals surface area contributed by atoms with Crippen LogP contribution in [0.5, 0.6) is 0 Å². The van der Waals surface area contributed by atoms with Crippen molar-refractivity contribution in [3.05, 3.63) is 74.6 Å². The van der Waals surface area contributed by atoms with Crippen LogP contribution in [0, 0.1) is 0 Å². The second-order valence-electron chi connectivity index (χ2n) is 8.99. The zero-order valence-corrected chi connectivity index (χ0v) is 19.2. The second kappa shape index (κ2) is 7.29. The minimum Gasteiger partial charge on any atom is -0.459 e. The summed E-state index contributed by atoms with van der Waals surface area (Å²) in [7, 11) is 0. The smallest absolute Gasteiger partial charge is 0.324 e. The molecule has 0 radical (unpaired) electrons. The van der Waals surface area contributed by atoms with Gasteiger partial charge in [0.1, 0.15) is 17.1 Å². The highest BCUT2D eigenvalue weighted by atomic mass is 32.1. The molecule has 1 amide bonds. The fourth-order valence-electron chi connectivity index (χ4n) is 4.93. The number of rotatable bonds is 3. The van der Waals surface area contributed by atoms with E-state index in [1.807, 2.05) is 80.1 Å². The van der Waals surface area contributed by atoms with Gasteiger partial charge in [0.2, 0.25) is 5.91 Å². The number of hydrogen-bond acceptors (Lipinski definition) is 6. The van der Waals surface area contributed by atoms with Crippen molar-refractivity contribution in [1.82, 2.24) is 5.32 Å². The zero-order valence-electron chi connectivity index (χ0n) is 17.5. The molecule has 0 aliphatic carbocycles. The summed E-state index contributed by atoms with van der Waals surface area (Å²) in [5, 5.41) is 10.6. The van der Waals surface area contributed by atoms with Gasteiger partial charge in [0.15, 0.2) is 0 Å². The number of ether oxygens (including phenoxy) is 1. The van der Waals surface area contributed by atoms with E-state index in [0.717, 1.165) is 21.0 Å². The van der Waals surface area contributed by atoms with Crippen LogP contribution < -0.4 is 10.6 Å². The van der Waals surface area contributed by atoms with E-state index in [1.54, 1.807) is 22.7 Å². The van der Waals surface area contributed by atoms with Gasteiger partial charge in [-0.3, -0.25) is 14.9 Å². The Morgan fingerprint density at radius 2 is 1.68 bits per heavy atom. The van der Waals surface area contributed by atoms with E-state index in [-0.39, 0.29) is 17.9 Å². The fraction of sp³-hybridized carbons (Fsp3) is 0.333. The summed E-state index contributed by atoms with van der Waals surface area (Å²) in [4.78, 5) is 29.3. The molecule has 0 unspecified atom stereocenters. The number of amides is 1. The molecule has 3 aromatic rings. The van der Waals surface area contributed by atoms with E-state index >= 15 is 0 Å². The number of carbonyl (C=O) groups is 2. The highest BCUT2D eigenvalue weighted by Crippen LogP contribution is 2.60. The van der Waals surface area contributed by atoms with Crippen LogP contribution >= 0.6 is 22.7 Å². The third-order valence-corrected chi connectivity index (χ3v) is 7.85. The maximum absolute atomic E-state index is 13.8. The molecule has 1 spiro atoms. The molecule has 5 nitrogen and oxygen atoms in total. The van der Waals surface area contributed by atoms with Gasteiger partial charge in [0.05, 0.1) is 6.04 Å². The lowest BCUT2D eigenvalue weighted by Gasteiger charge is -2.34. The molecule has 1 fully saturated rings. The second-order valence-corrected chi connectivity index (χ2v) is 10.9.